The predicted molar refractivity (Wildman–Crippen MR) is 104 cm³/mol. The largest absolute Gasteiger partial charge is 0.497 e. The monoisotopic (exact) mass is 436 g/mol. The summed E-state index contributed by atoms with van der Waals surface area (Å²) in [6.45, 7) is 1.26. The van der Waals surface area contributed by atoms with Crippen LogP contribution < -0.4 is 10.1 Å². The van der Waals surface area contributed by atoms with Crippen molar-refractivity contribution in [3.05, 3.63) is 46.5 Å². The molecule has 158 valence electrons. The molecular formula is C17H16N4O8S. The molecule has 0 fully saturated rings. The highest BCUT2D eigenvalue weighted by Crippen LogP contribution is 2.33. The number of carbonyl (C=O) groups is 2. The van der Waals surface area contributed by atoms with E-state index in [1.54, 1.807) is 0 Å². The SMILES string of the molecule is COc1ccc(N=Nc2ccc([N+](=O)[O-])c(S(=O)(=O)O)c2)c(NC(=O)CC(C)=O)c1. The maximum absolute atomic E-state index is 11.9. The van der Waals surface area contributed by atoms with Crippen molar-refractivity contribution in [1.29, 1.82) is 0 Å². The van der Waals surface area contributed by atoms with Crippen molar-refractivity contribution in [2.75, 3.05) is 12.4 Å². The molecule has 0 aliphatic carbocycles. The van der Waals surface area contributed by atoms with Crippen LogP contribution in [0.4, 0.5) is 22.7 Å². The Labute approximate surface area is 170 Å². The van der Waals surface area contributed by atoms with Crippen molar-refractivity contribution >= 4 is 44.6 Å². The number of benzene rings is 2. The third-order valence-electron chi connectivity index (χ3n) is 3.58. The number of Topliss-reactive ketones (excluding diaryl/α,β-unsaturated/α-hetero) is 1. The van der Waals surface area contributed by atoms with Gasteiger partial charge in [0.2, 0.25) is 5.91 Å². The summed E-state index contributed by atoms with van der Waals surface area (Å²) in [5.41, 5.74) is -0.621. The summed E-state index contributed by atoms with van der Waals surface area (Å²) in [6.07, 6.45) is -0.353. The summed E-state index contributed by atoms with van der Waals surface area (Å²) in [4.78, 5) is 32.1. The molecule has 2 aromatic rings. The quantitative estimate of drug-likeness (QED) is 0.208. The fourth-order valence-electron chi connectivity index (χ4n) is 2.28. The molecule has 0 aliphatic rings. The molecule has 13 heteroatoms. The van der Waals surface area contributed by atoms with Gasteiger partial charge >= 0.3 is 10.1 Å². The Morgan fingerprint density at radius 2 is 1.90 bits per heavy atom. The van der Waals surface area contributed by atoms with Gasteiger partial charge in [-0.2, -0.15) is 13.5 Å². The summed E-state index contributed by atoms with van der Waals surface area (Å²) in [5, 5.41) is 21.1. The zero-order chi connectivity index (χ0) is 22.5. The molecule has 0 spiro atoms. The predicted octanol–water partition coefficient (Wildman–Crippen LogP) is 3.18. The summed E-state index contributed by atoms with van der Waals surface area (Å²) < 4.78 is 37.1. The summed E-state index contributed by atoms with van der Waals surface area (Å²) >= 11 is 0. The second-order valence-electron chi connectivity index (χ2n) is 5.89. The number of nitro groups is 1. The average Bonchev–Trinajstić information content (AvgIpc) is 2.65. The molecule has 2 aromatic carbocycles. The second-order valence-corrected chi connectivity index (χ2v) is 7.28. The molecule has 30 heavy (non-hydrogen) atoms. The van der Waals surface area contributed by atoms with E-state index in [4.69, 9.17) is 4.74 Å². The summed E-state index contributed by atoms with van der Waals surface area (Å²) in [5.74, 6) is -0.547. The normalized spacial score (nSPS) is 11.3. The van der Waals surface area contributed by atoms with Gasteiger partial charge in [-0.25, -0.2) is 0 Å². The van der Waals surface area contributed by atoms with Crippen LogP contribution in [0.3, 0.4) is 0 Å². The first-order chi connectivity index (χ1) is 14.0. The van der Waals surface area contributed by atoms with Gasteiger partial charge in [0, 0.05) is 12.1 Å². The van der Waals surface area contributed by atoms with Gasteiger partial charge in [-0.3, -0.25) is 24.3 Å². The number of amides is 1. The lowest BCUT2D eigenvalue weighted by Crippen LogP contribution is -2.14. The molecule has 0 saturated heterocycles. The van der Waals surface area contributed by atoms with Crippen molar-refractivity contribution < 1.29 is 32.2 Å². The van der Waals surface area contributed by atoms with Gasteiger partial charge in [-0.1, -0.05) is 0 Å². The number of ether oxygens (including phenoxy) is 1. The van der Waals surface area contributed by atoms with E-state index in [0.29, 0.717) is 5.75 Å². The van der Waals surface area contributed by atoms with Crippen LogP contribution >= 0.6 is 0 Å². The van der Waals surface area contributed by atoms with E-state index in [1.165, 1.54) is 32.2 Å². The molecule has 0 bridgehead atoms. The van der Waals surface area contributed by atoms with Gasteiger partial charge < -0.3 is 10.1 Å². The van der Waals surface area contributed by atoms with Gasteiger partial charge in [-0.15, -0.1) is 5.11 Å². The highest BCUT2D eigenvalue weighted by Gasteiger charge is 2.24. The Bertz CT molecular complexity index is 1140. The van der Waals surface area contributed by atoms with E-state index in [0.717, 1.165) is 18.2 Å². The minimum absolute atomic E-state index is 0.106. The number of methoxy groups -OCH3 is 1. The van der Waals surface area contributed by atoms with Crippen LogP contribution in [0.25, 0.3) is 0 Å². The smallest absolute Gasteiger partial charge is 0.301 e. The van der Waals surface area contributed by atoms with Crippen LogP contribution in [0, 0.1) is 10.1 Å². The molecule has 0 aromatic heterocycles. The third-order valence-corrected chi connectivity index (χ3v) is 4.46. The topological polar surface area (TPSA) is 178 Å². The average molecular weight is 436 g/mol. The first kappa shape index (κ1) is 22.6. The molecule has 0 saturated carbocycles. The van der Waals surface area contributed by atoms with E-state index in [-0.39, 0.29) is 29.3 Å². The number of carbonyl (C=O) groups excluding carboxylic acids is 2. The highest BCUT2D eigenvalue weighted by atomic mass is 32.2. The van der Waals surface area contributed by atoms with Crippen LogP contribution in [0.2, 0.25) is 0 Å². The summed E-state index contributed by atoms with van der Waals surface area (Å²) in [6, 6.07) is 7.18. The lowest BCUT2D eigenvalue weighted by molar-refractivity contribution is -0.387. The number of rotatable bonds is 8. The Kier molecular flexibility index (Phi) is 6.92. The van der Waals surface area contributed by atoms with E-state index in [2.05, 4.69) is 15.5 Å². The maximum Gasteiger partial charge on any atom is 0.301 e. The second kappa shape index (κ2) is 9.19. The van der Waals surface area contributed by atoms with Crippen molar-refractivity contribution in [2.45, 2.75) is 18.2 Å². The number of ketones is 1. The number of hydrogen-bond donors (Lipinski definition) is 2. The number of hydrogen-bond acceptors (Lipinski definition) is 9. The Morgan fingerprint density at radius 3 is 2.47 bits per heavy atom. The fourth-order valence-corrected chi connectivity index (χ4v) is 2.96. The number of nitrogens with zero attached hydrogens (tertiary/aromatic N) is 3. The van der Waals surface area contributed by atoms with Crippen LogP contribution in [-0.2, 0) is 19.7 Å². The molecule has 2 N–H and O–H groups in total. The molecule has 2 rings (SSSR count). The van der Waals surface area contributed by atoms with Gasteiger partial charge in [0.1, 0.15) is 17.2 Å². The van der Waals surface area contributed by atoms with E-state index < -0.39 is 31.5 Å². The lowest BCUT2D eigenvalue weighted by Gasteiger charge is -2.09. The zero-order valence-corrected chi connectivity index (χ0v) is 16.5. The van der Waals surface area contributed by atoms with Gasteiger partial charge in [0.25, 0.3) is 5.69 Å². The first-order valence-electron chi connectivity index (χ1n) is 8.16. The fraction of sp³-hybridized carbons (Fsp3) is 0.176. The van der Waals surface area contributed by atoms with Crippen LogP contribution in [-0.4, -0.2) is 36.7 Å². The van der Waals surface area contributed by atoms with E-state index >= 15 is 0 Å². The van der Waals surface area contributed by atoms with E-state index in [1.807, 2.05) is 0 Å². The molecule has 0 unspecified atom stereocenters. The lowest BCUT2D eigenvalue weighted by atomic mass is 10.2. The molecule has 1 amide bonds. The molecule has 0 atom stereocenters. The standard InChI is InChI=1S/C17H16N4O8S/c1-10(22)7-17(23)18-14-9-12(29-2)4-5-13(14)20-19-11-3-6-15(21(24)25)16(8-11)30(26,27)28/h3-6,8-9H,7H2,1-2H3,(H,18,23)(H,26,27,28). The zero-order valence-electron chi connectivity index (χ0n) is 15.7. The molecular weight excluding hydrogens is 420 g/mol. The Morgan fingerprint density at radius 1 is 1.20 bits per heavy atom. The Hall–Kier alpha value is -3.71. The minimum atomic E-state index is -4.88. The minimum Gasteiger partial charge on any atom is -0.497 e. The van der Waals surface area contributed by atoms with Gasteiger partial charge in [-0.05, 0) is 31.2 Å². The third kappa shape index (κ3) is 5.89. The summed E-state index contributed by atoms with van der Waals surface area (Å²) in [7, 11) is -3.47. The van der Waals surface area contributed by atoms with E-state index in [9.17, 15) is 32.7 Å². The van der Waals surface area contributed by atoms with Gasteiger partial charge in [0.05, 0.1) is 29.8 Å². The highest BCUT2D eigenvalue weighted by molar-refractivity contribution is 7.86. The van der Waals surface area contributed by atoms with Crippen molar-refractivity contribution in [3.8, 4) is 5.75 Å². The molecule has 12 nitrogen and oxygen atoms in total. The van der Waals surface area contributed by atoms with Crippen molar-refractivity contribution in [1.82, 2.24) is 0 Å². The van der Waals surface area contributed by atoms with Crippen molar-refractivity contribution in [3.63, 3.8) is 0 Å². The van der Waals surface area contributed by atoms with Crippen LogP contribution in [0.15, 0.2) is 51.5 Å². The van der Waals surface area contributed by atoms with Gasteiger partial charge in [0.15, 0.2) is 4.90 Å². The van der Waals surface area contributed by atoms with Crippen LogP contribution in [0.5, 0.6) is 5.75 Å². The molecule has 0 radical (unpaired) electrons. The molecule has 0 heterocycles. The Balaban J connectivity index is 2.43. The van der Waals surface area contributed by atoms with Crippen molar-refractivity contribution in [2.24, 2.45) is 10.2 Å². The maximum atomic E-state index is 11.9. The first-order valence-corrected chi connectivity index (χ1v) is 9.60. The molecule has 0 aliphatic heterocycles. The number of anilines is 1. The number of nitrogens with one attached hydrogen (secondary N) is 1. The number of azo groups is 1. The number of nitro benzene ring substituents is 1. The van der Waals surface area contributed by atoms with Crippen LogP contribution in [0.1, 0.15) is 13.3 Å².